The van der Waals surface area contributed by atoms with Crippen LogP contribution in [0.2, 0.25) is 0 Å². The lowest BCUT2D eigenvalue weighted by Gasteiger charge is -2.53. The minimum absolute atomic E-state index is 0.218. The topological polar surface area (TPSA) is 61.8 Å². The Morgan fingerprint density at radius 2 is 1.41 bits per heavy atom. The van der Waals surface area contributed by atoms with E-state index in [1.807, 2.05) is 36.4 Å². The third-order valence-corrected chi connectivity index (χ3v) is 7.65. The summed E-state index contributed by atoms with van der Waals surface area (Å²) in [6, 6.07) is 7.84. The van der Waals surface area contributed by atoms with Gasteiger partial charge in [0.1, 0.15) is 17.0 Å². The number of rotatable bonds is 2. The Balaban J connectivity index is 1.41. The zero-order valence-electron chi connectivity index (χ0n) is 16.5. The van der Waals surface area contributed by atoms with E-state index in [0.29, 0.717) is 25.7 Å². The van der Waals surface area contributed by atoms with Crippen LogP contribution in [0.5, 0.6) is 5.75 Å². The molecular weight excluding hydrogens is 368 g/mol. The number of fused-ring (bicyclic) bond motifs is 2. The van der Waals surface area contributed by atoms with Gasteiger partial charge in [-0.25, -0.2) is 0 Å². The Bertz CT molecular complexity index is 925. The van der Waals surface area contributed by atoms with Crippen LogP contribution < -0.4 is 4.74 Å². The Hall–Kier alpha value is -2.24. The molecule has 0 bridgehead atoms. The molecule has 1 aromatic carbocycles. The summed E-state index contributed by atoms with van der Waals surface area (Å²) in [5.41, 5.74) is 2.43. The van der Waals surface area contributed by atoms with Crippen LogP contribution in [0.3, 0.4) is 0 Å². The van der Waals surface area contributed by atoms with Crippen LogP contribution in [-0.2, 0) is 19.1 Å². The quantitative estimate of drug-likeness (QED) is 0.765. The first-order chi connectivity index (χ1) is 14.0. The van der Waals surface area contributed by atoms with E-state index in [0.717, 1.165) is 24.2 Å². The second-order valence-corrected chi connectivity index (χ2v) is 9.26. The maximum absolute atomic E-state index is 12.1. The lowest BCUT2D eigenvalue weighted by atomic mass is 9.57. The molecule has 3 fully saturated rings. The first-order valence-corrected chi connectivity index (χ1v) is 10.5. The van der Waals surface area contributed by atoms with Gasteiger partial charge in [-0.1, -0.05) is 23.3 Å². The van der Waals surface area contributed by atoms with Crippen molar-refractivity contribution < 1.29 is 23.8 Å². The van der Waals surface area contributed by atoms with E-state index >= 15 is 0 Å². The van der Waals surface area contributed by atoms with Crippen molar-refractivity contribution in [1.29, 1.82) is 0 Å². The van der Waals surface area contributed by atoms with Crippen LogP contribution in [-0.4, -0.2) is 29.9 Å². The van der Waals surface area contributed by atoms with Crippen LogP contribution in [0.4, 0.5) is 0 Å². The fourth-order valence-electron chi connectivity index (χ4n) is 6.33. The molecule has 1 aliphatic heterocycles. The molecule has 29 heavy (non-hydrogen) atoms. The Morgan fingerprint density at radius 3 is 1.97 bits per heavy atom. The SMILES string of the molecule is COc1ccc(C2OC34CC5=CC(=O)CC5CC3(C[C@H]3CC(=O)C=C3C4)O2)cc1. The van der Waals surface area contributed by atoms with Crippen molar-refractivity contribution in [2.24, 2.45) is 11.8 Å². The monoisotopic (exact) mass is 392 g/mol. The lowest BCUT2D eigenvalue weighted by molar-refractivity contribution is -0.120. The largest absolute Gasteiger partial charge is 0.497 e. The van der Waals surface area contributed by atoms with Crippen LogP contribution in [0, 0.1) is 11.8 Å². The van der Waals surface area contributed by atoms with E-state index in [1.165, 1.54) is 11.1 Å². The van der Waals surface area contributed by atoms with Gasteiger partial charge >= 0.3 is 0 Å². The highest BCUT2D eigenvalue weighted by molar-refractivity contribution is 5.94. The molecule has 1 aromatic rings. The minimum atomic E-state index is -0.502. The van der Waals surface area contributed by atoms with Gasteiger partial charge in [0.25, 0.3) is 0 Å². The fraction of sp³-hybridized carbons (Fsp3) is 0.500. The third kappa shape index (κ3) is 2.47. The summed E-state index contributed by atoms with van der Waals surface area (Å²) >= 11 is 0. The number of methoxy groups -OCH3 is 1. The molecule has 2 saturated carbocycles. The second-order valence-electron chi connectivity index (χ2n) is 9.26. The van der Waals surface area contributed by atoms with Crippen LogP contribution in [0.1, 0.15) is 50.4 Å². The third-order valence-electron chi connectivity index (χ3n) is 7.65. The molecule has 150 valence electrons. The van der Waals surface area contributed by atoms with Gasteiger partial charge in [0.15, 0.2) is 17.9 Å². The van der Waals surface area contributed by atoms with E-state index in [4.69, 9.17) is 14.2 Å². The van der Waals surface area contributed by atoms with E-state index in [-0.39, 0.29) is 23.4 Å². The summed E-state index contributed by atoms with van der Waals surface area (Å²) in [4.78, 5) is 24.2. The lowest BCUT2D eigenvalue weighted by Crippen LogP contribution is -2.59. The summed E-state index contributed by atoms with van der Waals surface area (Å²) in [6.45, 7) is 0. The number of hydrogen-bond donors (Lipinski definition) is 0. The minimum Gasteiger partial charge on any atom is -0.497 e. The molecule has 0 aromatic heterocycles. The molecule has 4 aliphatic carbocycles. The average Bonchev–Trinajstić information content (AvgIpc) is 3.32. The normalized spacial score (nSPS) is 40.0. The number of allylic oxidation sites excluding steroid dienone is 2. The number of ether oxygens (including phenoxy) is 3. The zero-order chi connectivity index (χ0) is 19.8. The average molecular weight is 392 g/mol. The highest BCUT2D eigenvalue weighted by Crippen LogP contribution is 2.65. The first kappa shape index (κ1) is 17.6. The summed E-state index contributed by atoms with van der Waals surface area (Å²) in [6.07, 6.45) is 7.41. The van der Waals surface area contributed by atoms with Gasteiger partial charge in [0.05, 0.1) is 7.11 Å². The van der Waals surface area contributed by atoms with Crippen molar-refractivity contribution in [2.75, 3.05) is 7.11 Å². The predicted molar refractivity (Wildman–Crippen MR) is 104 cm³/mol. The van der Waals surface area contributed by atoms with E-state index in [9.17, 15) is 9.59 Å². The molecule has 0 radical (unpaired) electrons. The summed E-state index contributed by atoms with van der Waals surface area (Å²) < 4.78 is 18.8. The highest BCUT2D eigenvalue weighted by Gasteiger charge is 2.68. The van der Waals surface area contributed by atoms with Crippen molar-refractivity contribution >= 4 is 11.6 Å². The number of benzene rings is 1. The molecule has 0 spiro atoms. The van der Waals surface area contributed by atoms with E-state index < -0.39 is 17.5 Å². The molecule has 1 saturated heterocycles. The Kier molecular flexibility index (Phi) is 3.58. The fourth-order valence-corrected chi connectivity index (χ4v) is 6.33. The van der Waals surface area contributed by atoms with Crippen LogP contribution >= 0.6 is 0 Å². The number of carbonyl (C=O) groups is 2. The van der Waals surface area contributed by atoms with Gasteiger partial charge < -0.3 is 14.2 Å². The summed E-state index contributed by atoms with van der Waals surface area (Å²) in [7, 11) is 1.65. The predicted octanol–water partition coefficient (Wildman–Crippen LogP) is 3.84. The van der Waals surface area contributed by atoms with Gasteiger partial charge in [0.2, 0.25) is 0 Å². The van der Waals surface area contributed by atoms with E-state index in [1.54, 1.807) is 7.11 Å². The molecule has 0 amide bonds. The van der Waals surface area contributed by atoms with Crippen molar-refractivity contribution in [2.45, 2.75) is 56.0 Å². The summed E-state index contributed by atoms with van der Waals surface area (Å²) in [5.74, 6) is 1.73. The van der Waals surface area contributed by atoms with Crippen LogP contribution in [0.15, 0.2) is 47.6 Å². The molecule has 5 heteroatoms. The maximum atomic E-state index is 12.1. The maximum Gasteiger partial charge on any atom is 0.185 e. The van der Waals surface area contributed by atoms with Crippen molar-refractivity contribution in [1.82, 2.24) is 0 Å². The molecule has 5 atom stereocenters. The molecule has 6 rings (SSSR count). The van der Waals surface area contributed by atoms with Crippen molar-refractivity contribution in [3.8, 4) is 5.75 Å². The zero-order valence-corrected chi connectivity index (χ0v) is 16.5. The smallest absolute Gasteiger partial charge is 0.185 e. The Morgan fingerprint density at radius 1 is 0.862 bits per heavy atom. The van der Waals surface area contributed by atoms with Crippen molar-refractivity contribution in [3.05, 3.63) is 53.1 Å². The van der Waals surface area contributed by atoms with Gasteiger partial charge in [-0.2, -0.15) is 0 Å². The number of ketones is 2. The number of hydrogen-bond acceptors (Lipinski definition) is 5. The standard InChI is InChI=1S/C24H24O5/c1-27-21-4-2-14(3-5-21)22-28-23-10-15-6-19(25)7-16(15)11-24(23,29-22)13-18-9-20(26)8-17(18)12-23/h2-6,8,16,18,22H,7,9-13H2,1H3/t16-,18?,22?,23?,24?/m1/s1. The molecule has 5 nitrogen and oxygen atoms in total. The molecule has 5 aliphatic rings. The number of carbonyl (C=O) groups excluding carboxylic acids is 2. The van der Waals surface area contributed by atoms with E-state index in [2.05, 4.69) is 0 Å². The second kappa shape index (κ2) is 5.89. The molecular formula is C24H24O5. The van der Waals surface area contributed by atoms with Crippen molar-refractivity contribution in [3.63, 3.8) is 0 Å². The van der Waals surface area contributed by atoms with Gasteiger partial charge in [-0.15, -0.1) is 0 Å². The first-order valence-electron chi connectivity index (χ1n) is 10.5. The van der Waals surface area contributed by atoms with Crippen LogP contribution in [0.25, 0.3) is 0 Å². The molecule has 0 N–H and O–H groups in total. The molecule has 4 unspecified atom stereocenters. The van der Waals surface area contributed by atoms with Gasteiger partial charge in [0, 0.05) is 31.2 Å². The highest BCUT2D eigenvalue weighted by atomic mass is 16.7. The summed E-state index contributed by atoms with van der Waals surface area (Å²) in [5, 5.41) is 0. The van der Waals surface area contributed by atoms with Gasteiger partial charge in [-0.05, 0) is 49.0 Å². The molecule has 1 heterocycles. The Labute approximate surface area is 169 Å². The van der Waals surface area contributed by atoms with Gasteiger partial charge in [-0.3, -0.25) is 9.59 Å².